The predicted molar refractivity (Wildman–Crippen MR) is 75.7 cm³/mol. The number of nitrogens with zero attached hydrogens (tertiary/aromatic N) is 2. The monoisotopic (exact) mass is 254 g/mol. The van der Waals surface area contributed by atoms with Crippen molar-refractivity contribution in [1.82, 2.24) is 9.80 Å². The van der Waals surface area contributed by atoms with Crippen molar-refractivity contribution in [3.8, 4) is 0 Å². The van der Waals surface area contributed by atoms with Gasteiger partial charge in [-0.1, -0.05) is 20.8 Å². The second kappa shape index (κ2) is 5.48. The molecule has 0 aromatic rings. The van der Waals surface area contributed by atoms with Crippen molar-refractivity contribution in [3.63, 3.8) is 0 Å². The molecule has 2 aliphatic rings. The van der Waals surface area contributed by atoms with Crippen LogP contribution < -0.4 is 0 Å². The van der Waals surface area contributed by atoms with Crippen LogP contribution in [0, 0.1) is 11.3 Å². The van der Waals surface area contributed by atoms with E-state index in [0.717, 1.165) is 19.6 Å². The molecule has 1 aliphatic carbocycles. The topological polar surface area (TPSA) is 26.7 Å². The van der Waals surface area contributed by atoms with Gasteiger partial charge < -0.3 is 10.0 Å². The lowest BCUT2D eigenvalue weighted by molar-refractivity contribution is 0.0168. The number of hydrogen-bond donors (Lipinski definition) is 1. The van der Waals surface area contributed by atoms with Crippen molar-refractivity contribution in [1.29, 1.82) is 0 Å². The molecular weight excluding hydrogens is 224 g/mol. The van der Waals surface area contributed by atoms with E-state index >= 15 is 0 Å². The Morgan fingerprint density at radius 2 is 2.00 bits per heavy atom. The summed E-state index contributed by atoms with van der Waals surface area (Å²) < 4.78 is 0. The van der Waals surface area contributed by atoms with E-state index in [2.05, 4.69) is 37.5 Å². The average molecular weight is 254 g/mol. The lowest BCUT2D eigenvalue weighted by Crippen LogP contribution is -2.53. The van der Waals surface area contributed by atoms with Gasteiger partial charge in [0.25, 0.3) is 0 Å². The summed E-state index contributed by atoms with van der Waals surface area (Å²) in [5.41, 5.74) is 0.127. The molecule has 3 unspecified atom stereocenters. The van der Waals surface area contributed by atoms with E-state index in [1.807, 2.05) is 0 Å². The zero-order chi connectivity index (χ0) is 13.3. The van der Waals surface area contributed by atoms with Crippen LogP contribution in [0.4, 0.5) is 0 Å². The summed E-state index contributed by atoms with van der Waals surface area (Å²) in [7, 11) is 0. The van der Waals surface area contributed by atoms with Crippen LogP contribution in [0.25, 0.3) is 0 Å². The van der Waals surface area contributed by atoms with E-state index in [-0.39, 0.29) is 11.5 Å². The first kappa shape index (κ1) is 14.3. The van der Waals surface area contributed by atoms with E-state index in [4.69, 9.17) is 0 Å². The number of aliphatic hydroxyl groups excluding tert-OH is 1. The first-order valence-corrected chi connectivity index (χ1v) is 7.58. The standard InChI is InChI=1S/C15H30N2O/c1-5-17-9-8-16(10-12(17)2)11-13-6-7-15(3,4)14(13)18/h12-14,18H,5-11H2,1-4H3. The summed E-state index contributed by atoms with van der Waals surface area (Å²) >= 11 is 0. The Morgan fingerprint density at radius 3 is 2.50 bits per heavy atom. The molecule has 2 rings (SSSR count). The number of rotatable bonds is 3. The Kier molecular flexibility index (Phi) is 4.35. The minimum atomic E-state index is -0.114. The highest BCUT2D eigenvalue weighted by Crippen LogP contribution is 2.41. The summed E-state index contributed by atoms with van der Waals surface area (Å²) in [5.74, 6) is 0.486. The van der Waals surface area contributed by atoms with Crippen LogP contribution in [0.3, 0.4) is 0 Å². The Morgan fingerprint density at radius 1 is 1.28 bits per heavy atom. The van der Waals surface area contributed by atoms with Crippen LogP contribution >= 0.6 is 0 Å². The Labute approximate surface area is 112 Å². The van der Waals surface area contributed by atoms with Gasteiger partial charge in [-0.15, -0.1) is 0 Å². The molecule has 0 amide bonds. The molecule has 1 aliphatic heterocycles. The zero-order valence-corrected chi connectivity index (χ0v) is 12.5. The molecule has 1 saturated heterocycles. The molecule has 3 nitrogen and oxygen atoms in total. The highest BCUT2D eigenvalue weighted by atomic mass is 16.3. The van der Waals surface area contributed by atoms with E-state index < -0.39 is 0 Å². The Bertz CT molecular complexity index is 280. The highest BCUT2D eigenvalue weighted by molar-refractivity contribution is 4.93. The smallest absolute Gasteiger partial charge is 0.0631 e. The maximum atomic E-state index is 10.4. The van der Waals surface area contributed by atoms with Crippen molar-refractivity contribution in [2.24, 2.45) is 11.3 Å². The normalized spacial score (nSPS) is 38.2. The van der Waals surface area contributed by atoms with Gasteiger partial charge in [-0.05, 0) is 37.6 Å². The quantitative estimate of drug-likeness (QED) is 0.832. The molecule has 0 bridgehead atoms. The van der Waals surface area contributed by atoms with Crippen LogP contribution in [0.15, 0.2) is 0 Å². The average Bonchev–Trinajstić information content (AvgIpc) is 2.57. The predicted octanol–water partition coefficient (Wildman–Crippen LogP) is 1.81. The molecule has 1 N–H and O–H groups in total. The van der Waals surface area contributed by atoms with Gasteiger partial charge in [0, 0.05) is 32.2 Å². The maximum absolute atomic E-state index is 10.4. The van der Waals surface area contributed by atoms with E-state index in [0.29, 0.717) is 12.0 Å². The number of hydrogen-bond acceptors (Lipinski definition) is 3. The number of likely N-dealkylation sites (N-methyl/N-ethyl adjacent to an activating group) is 1. The van der Waals surface area contributed by atoms with Crippen molar-refractivity contribution in [3.05, 3.63) is 0 Å². The summed E-state index contributed by atoms with van der Waals surface area (Å²) in [6.45, 7) is 14.7. The summed E-state index contributed by atoms with van der Waals surface area (Å²) in [4.78, 5) is 5.11. The van der Waals surface area contributed by atoms with Gasteiger partial charge >= 0.3 is 0 Å². The molecule has 0 aromatic carbocycles. The van der Waals surface area contributed by atoms with Crippen LogP contribution in [0.5, 0.6) is 0 Å². The lowest BCUT2D eigenvalue weighted by atomic mass is 9.87. The largest absolute Gasteiger partial charge is 0.392 e. The van der Waals surface area contributed by atoms with Gasteiger partial charge in [-0.2, -0.15) is 0 Å². The Balaban J connectivity index is 1.85. The fraction of sp³-hybridized carbons (Fsp3) is 1.00. The summed E-state index contributed by atoms with van der Waals surface area (Å²) in [6.07, 6.45) is 2.25. The fourth-order valence-corrected chi connectivity index (χ4v) is 3.73. The summed E-state index contributed by atoms with van der Waals surface area (Å²) in [6, 6.07) is 0.662. The molecule has 3 atom stereocenters. The number of piperazine rings is 1. The van der Waals surface area contributed by atoms with E-state index in [9.17, 15) is 5.11 Å². The fourth-order valence-electron chi connectivity index (χ4n) is 3.73. The molecule has 0 aromatic heterocycles. The molecule has 0 radical (unpaired) electrons. The molecule has 1 saturated carbocycles. The molecule has 106 valence electrons. The summed E-state index contributed by atoms with van der Waals surface area (Å²) in [5, 5.41) is 10.4. The lowest BCUT2D eigenvalue weighted by Gasteiger charge is -2.41. The van der Waals surface area contributed by atoms with E-state index in [1.165, 1.54) is 25.9 Å². The molecule has 2 fully saturated rings. The minimum absolute atomic E-state index is 0.114. The Hall–Kier alpha value is -0.120. The number of aliphatic hydroxyl groups is 1. The third-order valence-corrected chi connectivity index (χ3v) is 5.15. The highest BCUT2D eigenvalue weighted by Gasteiger charge is 2.41. The maximum Gasteiger partial charge on any atom is 0.0631 e. The van der Waals surface area contributed by atoms with Gasteiger partial charge in [-0.3, -0.25) is 4.90 Å². The van der Waals surface area contributed by atoms with Gasteiger partial charge in [0.1, 0.15) is 0 Å². The van der Waals surface area contributed by atoms with Crippen molar-refractivity contribution < 1.29 is 5.11 Å². The molecule has 1 heterocycles. The molecule has 18 heavy (non-hydrogen) atoms. The second-order valence-electron chi connectivity index (χ2n) is 6.97. The molecular formula is C15H30N2O. The van der Waals surface area contributed by atoms with Gasteiger partial charge in [0.2, 0.25) is 0 Å². The van der Waals surface area contributed by atoms with Crippen molar-refractivity contribution in [2.75, 3.05) is 32.7 Å². The van der Waals surface area contributed by atoms with Crippen LogP contribution in [-0.2, 0) is 0 Å². The van der Waals surface area contributed by atoms with Crippen molar-refractivity contribution >= 4 is 0 Å². The first-order valence-electron chi connectivity index (χ1n) is 7.58. The van der Waals surface area contributed by atoms with Crippen LogP contribution in [0.1, 0.15) is 40.5 Å². The third kappa shape index (κ3) is 2.89. The van der Waals surface area contributed by atoms with Gasteiger partial charge in [0.15, 0.2) is 0 Å². The van der Waals surface area contributed by atoms with Crippen LogP contribution in [0.2, 0.25) is 0 Å². The van der Waals surface area contributed by atoms with E-state index in [1.54, 1.807) is 0 Å². The van der Waals surface area contributed by atoms with Crippen molar-refractivity contribution in [2.45, 2.75) is 52.7 Å². The SMILES string of the molecule is CCN1CCN(CC2CCC(C)(C)C2O)CC1C. The van der Waals surface area contributed by atoms with Crippen LogP contribution in [-0.4, -0.2) is 59.8 Å². The first-order chi connectivity index (χ1) is 8.44. The molecule has 0 spiro atoms. The minimum Gasteiger partial charge on any atom is -0.392 e. The third-order valence-electron chi connectivity index (χ3n) is 5.15. The second-order valence-corrected chi connectivity index (χ2v) is 6.97. The zero-order valence-electron chi connectivity index (χ0n) is 12.5. The molecule has 3 heteroatoms. The van der Waals surface area contributed by atoms with Gasteiger partial charge in [0.05, 0.1) is 6.10 Å². The van der Waals surface area contributed by atoms with Gasteiger partial charge in [-0.25, -0.2) is 0 Å².